The van der Waals surface area contributed by atoms with Crippen molar-refractivity contribution in [2.24, 2.45) is 5.73 Å². The summed E-state index contributed by atoms with van der Waals surface area (Å²) in [6.07, 6.45) is 0.724. The van der Waals surface area contributed by atoms with Gasteiger partial charge in [0.1, 0.15) is 24.4 Å². The Kier molecular flexibility index (Phi) is 9.23. The summed E-state index contributed by atoms with van der Waals surface area (Å²) in [5.74, 6) is -2.54. The summed E-state index contributed by atoms with van der Waals surface area (Å²) >= 11 is 0. The quantitative estimate of drug-likeness (QED) is 0.389. The number of carbonyl (C=O) groups excluding carboxylic acids is 5. The molecule has 36 heavy (non-hydrogen) atoms. The second kappa shape index (κ2) is 12.3. The topological polar surface area (TPSA) is 171 Å². The minimum atomic E-state index is -1.25. The van der Waals surface area contributed by atoms with E-state index in [1.165, 1.54) is 16.8 Å². The van der Waals surface area contributed by atoms with Crippen molar-refractivity contribution in [3.05, 3.63) is 29.8 Å². The third-order valence-corrected chi connectivity index (χ3v) is 6.37. The van der Waals surface area contributed by atoms with E-state index < -0.39 is 54.1 Å². The van der Waals surface area contributed by atoms with Crippen LogP contribution in [0.15, 0.2) is 24.3 Å². The number of ether oxygens (including phenoxy) is 1. The van der Waals surface area contributed by atoms with Crippen molar-refractivity contribution in [3.8, 4) is 5.75 Å². The van der Waals surface area contributed by atoms with Gasteiger partial charge in [0.15, 0.2) is 0 Å². The molecule has 0 radical (unpaired) electrons. The normalized spacial score (nSPS) is 23.7. The first-order chi connectivity index (χ1) is 17.2. The number of benzene rings is 1. The highest BCUT2D eigenvalue weighted by atomic mass is 16.5. The van der Waals surface area contributed by atoms with Crippen LogP contribution in [-0.4, -0.2) is 95.9 Å². The maximum absolute atomic E-state index is 13.4. The Balaban J connectivity index is 1.92. The van der Waals surface area contributed by atoms with E-state index in [1.54, 1.807) is 24.3 Å². The van der Waals surface area contributed by atoms with Gasteiger partial charge in [0, 0.05) is 20.0 Å². The van der Waals surface area contributed by atoms with Crippen molar-refractivity contribution in [1.82, 2.24) is 20.4 Å². The van der Waals surface area contributed by atoms with E-state index in [-0.39, 0.29) is 43.9 Å². The molecule has 1 saturated heterocycles. The molecule has 0 spiro atoms. The van der Waals surface area contributed by atoms with Gasteiger partial charge in [0.05, 0.1) is 31.2 Å². The van der Waals surface area contributed by atoms with E-state index in [0.717, 1.165) is 0 Å². The zero-order chi connectivity index (χ0) is 26.2. The van der Waals surface area contributed by atoms with Gasteiger partial charge < -0.3 is 36.0 Å². The number of nitrogens with two attached hydrogens (primary N) is 1. The first-order valence-corrected chi connectivity index (χ1v) is 12.0. The molecule has 0 saturated carbocycles. The highest BCUT2D eigenvalue weighted by molar-refractivity contribution is 6.01. The van der Waals surface area contributed by atoms with Gasteiger partial charge in [-0.15, -0.1) is 0 Å². The van der Waals surface area contributed by atoms with E-state index in [1.807, 2.05) is 0 Å². The van der Waals surface area contributed by atoms with Crippen LogP contribution >= 0.6 is 0 Å². The standard InChI is InChI=1S/C24H33N5O7/c1-28-11-12-36-19-7-3-2-6-16(19)22(33)27-18(24(35)29-10-4-5-15(29)14-30)13-21(32)26-17(23(28)34)8-9-20(25)31/h2-3,6-7,15,17-18,30H,4-5,8-14H2,1H3,(H2,25,31)(H,26,32)(H,27,33)/t15-,17-,18-/m0/s1. The number of aliphatic hydroxyl groups is 1. The molecule has 12 heteroatoms. The number of nitrogens with zero attached hydrogens (tertiary/aromatic N) is 2. The molecule has 1 fully saturated rings. The number of carbonyl (C=O) groups is 5. The molecule has 12 nitrogen and oxygen atoms in total. The fourth-order valence-electron chi connectivity index (χ4n) is 4.38. The molecule has 3 atom stereocenters. The fraction of sp³-hybridized carbons (Fsp3) is 0.542. The highest BCUT2D eigenvalue weighted by Crippen LogP contribution is 2.21. The molecule has 0 bridgehead atoms. The molecule has 3 rings (SSSR count). The number of para-hydroxylation sites is 1. The number of primary amides is 1. The van der Waals surface area contributed by atoms with Crippen LogP contribution in [0, 0.1) is 0 Å². The Bertz CT molecular complexity index is 1000. The van der Waals surface area contributed by atoms with Crippen LogP contribution in [0.4, 0.5) is 0 Å². The lowest BCUT2D eigenvalue weighted by Crippen LogP contribution is -2.54. The Morgan fingerprint density at radius 1 is 1.17 bits per heavy atom. The van der Waals surface area contributed by atoms with Gasteiger partial charge in [0.25, 0.3) is 5.91 Å². The number of nitrogens with one attached hydrogen (secondary N) is 2. The SMILES string of the molecule is CN1CCOc2ccccc2C(=O)N[C@H](C(=O)N2CCC[C@H]2CO)CC(=O)N[C@@H](CCC(N)=O)C1=O. The van der Waals surface area contributed by atoms with Gasteiger partial charge >= 0.3 is 0 Å². The average molecular weight is 504 g/mol. The van der Waals surface area contributed by atoms with E-state index >= 15 is 0 Å². The van der Waals surface area contributed by atoms with Crippen molar-refractivity contribution >= 4 is 29.5 Å². The van der Waals surface area contributed by atoms with Crippen LogP contribution < -0.4 is 21.1 Å². The highest BCUT2D eigenvalue weighted by Gasteiger charge is 2.36. The number of rotatable bonds is 5. The van der Waals surface area contributed by atoms with Gasteiger partial charge in [-0.3, -0.25) is 24.0 Å². The number of likely N-dealkylation sites (N-methyl/N-ethyl adjacent to an activating group) is 1. The zero-order valence-corrected chi connectivity index (χ0v) is 20.3. The number of hydrogen-bond acceptors (Lipinski definition) is 7. The smallest absolute Gasteiger partial charge is 0.255 e. The second-order valence-corrected chi connectivity index (χ2v) is 8.97. The summed E-state index contributed by atoms with van der Waals surface area (Å²) in [5, 5.41) is 14.9. The van der Waals surface area contributed by atoms with Gasteiger partial charge in [-0.05, 0) is 31.4 Å². The average Bonchev–Trinajstić information content (AvgIpc) is 3.33. The lowest BCUT2D eigenvalue weighted by molar-refractivity contribution is -0.138. The molecule has 5 N–H and O–H groups in total. The van der Waals surface area contributed by atoms with Crippen LogP contribution in [0.25, 0.3) is 0 Å². The Labute approximate surface area is 209 Å². The van der Waals surface area contributed by atoms with Crippen LogP contribution in [0.5, 0.6) is 5.75 Å². The molecular weight excluding hydrogens is 470 g/mol. The minimum Gasteiger partial charge on any atom is -0.491 e. The monoisotopic (exact) mass is 503 g/mol. The van der Waals surface area contributed by atoms with Crippen LogP contribution in [0.2, 0.25) is 0 Å². The first-order valence-electron chi connectivity index (χ1n) is 12.0. The number of amides is 5. The van der Waals surface area contributed by atoms with Crippen molar-refractivity contribution in [2.45, 2.75) is 50.2 Å². The third-order valence-electron chi connectivity index (χ3n) is 6.37. The van der Waals surface area contributed by atoms with E-state index in [4.69, 9.17) is 10.5 Å². The number of hydrogen-bond donors (Lipinski definition) is 4. The number of likely N-dealkylation sites (tertiary alicyclic amines) is 1. The summed E-state index contributed by atoms with van der Waals surface area (Å²) < 4.78 is 5.76. The fourth-order valence-corrected chi connectivity index (χ4v) is 4.38. The Morgan fingerprint density at radius 2 is 1.92 bits per heavy atom. The second-order valence-electron chi connectivity index (χ2n) is 8.97. The van der Waals surface area contributed by atoms with E-state index in [2.05, 4.69) is 10.6 Å². The number of aliphatic hydroxyl groups excluding tert-OH is 1. The molecule has 0 aromatic heterocycles. The summed E-state index contributed by atoms with van der Waals surface area (Å²) in [4.78, 5) is 66.7. The van der Waals surface area contributed by atoms with Crippen molar-refractivity contribution in [1.29, 1.82) is 0 Å². The Morgan fingerprint density at radius 3 is 2.64 bits per heavy atom. The largest absolute Gasteiger partial charge is 0.491 e. The van der Waals surface area contributed by atoms with Crippen molar-refractivity contribution < 1.29 is 33.8 Å². The molecule has 5 amide bonds. The Hall–Kier alpha value is -3.67. The lowest BCUT2D eigenvalue weighted by atomic mass is 10.1. The summed E-state index contributed by atoms with van der Waals surface area (Å²) in [6.45, 7) is 0.390. The first kappa shape index (κ1) is 26.9. The molecule has 2 aliphatic rings. The van der Waals surface area contributed by atoms with E-state index in [9.17, 15) is 29.1 Å². The van der Waals surface area contributed by atoms with Gasteiger partial charge in [0.2, 0.25) is 23.6 Å². The molecular formula is C24H33N5O7. The summed E-state index contributed by atoms with van der Waals surface area (Å²) in [6, 6.07) is 3.79. The van der Waals surface area contributed by atoms with Crippen molar-refractivity contribution in [2.75, 3.05) is 33.4 Å². The lowest BCUT2D eigenvalue weighted by Gasteiger charge is -2.29. The maximum atomic E-state index is 13.4. The van der Waals surface area contributed by atoms with Gasteiger partial charge in [-0.2, -0.15) is 0 Å². The minimum absolute atomic E-state index is 0.0162. The molecule has 196 valence electrons. The molecule has 1 aromatic rings. The number of fused-ring (bicyclic) bond motifs is 1. The third kappa shape index (κ3) is 6.72. The maximum Gasteiger partial charge on any atom is 0.255 e. The van der Waals surface area contributed by atoms with Crippen LogP contribution in [0.1, 0.15) is 42.5 Å². The van der Waals surface area contributed by atoms with E-state index in [0.29, 0.717) is 19.4 Å². The summed E-state index contributed by atoms with van der Waals surface area (Å²) in [5.41, 5.74) is 5.42. The van der Waals surface area contributed by atoms with Crippen LogP contribution in [-0.2, 0) is 19.2 Å². The molecule has 0 unspecified atom stereocenters. The summed E-state index contributed by atoms with van der Waals surface area (Å²) in [7, 11) is 1.54. The predicted octanol–water partition coefficient (Wildman–Crippen LogP) is -1.24. The molecule has 1 aromatic carbocycles. The van der Waals surface area contributed by atoms with Crippen LogP contribution in [0.3, 0.4) is 0 Å². The molecule has 2 aliphatic heterocycles. The van der Waals surface area contributed by atoms with Gasteiger partial charge in [-0.1, -0.05) is 12.1 Å². The zero-order valence-electron chi connectivity index (χ0n) is 20.3. The van der Waals surface area contributed by atoms with Crippen molar-refractivity contribution in [3.63, 3.8) is 0 Å². The van der Waals surface area contributed by atoms with Gasteiger partial charge in [-0.25, -0.2) is 0 Å². The predicted molar refractivity (Wildman–Crippen MR) is 128 cm³/mol. The molecule has 2 heterocycles. The molecule has 0 aliphatic carbocycles.